The van der Waals surface area contributed by atoms with Crippen LogP contribution in [0.15, 0.2) is 36.4 Å². The van der Waals surface area contributed by atoms with Gasteiger partial charge in [-0.2, -0.15) is 0 Å². The molecule has 0 aliphatic heterocycles. The van der Waals surface area contributed by atoms with Gasteiger partial charge < -0.3 is 10.2 Å². The van der Waals surface area contributed by atoms with Gasteiger partial charge in [0.2, 0.25) is 0 Å². The number of carbonyl (C=O) groups excluding carboxylic acids is 1. The van der Waals surface area contributed by atoms with Crippen LogP contribution in [0.2, 0.25) is 5.15 Å². The van der Waals surface area contributed by atoms with E-state index in [0.717, 1.165) is 18.4 Å². The summed E-state index contributed by atoms with van der Waals surface area (Å²) in [5.41, 5.74) is 3.57. The number of pyridine rings is 1. The van der Waals surface area contributed by atoms with E-state index in [9.17, 15) is 4.79 Å². The molecule has 2 rings (SSSR count). The lowest BCUT2D eigenvalue weighted by molar-refractivity contribution is 0.0736. The number of benzene rings is 1. The molecule has 0 fully saturated rings. The second-order valence-corrected chi connectivity index (χ2v) is 8.19. The quantitative estimate of drug-likeness (QED) is 0.636. The Morgan fingerprint density at radius 2 is 1.81 bits per heavy atom. The second-order valence-electron chi connectivity index (χ2n) is 7.81. The number of amides is 1. The highest BCUT2D eigenvalue weighted by Crippen LogP contribution is 2.23. The van der Waals surface area contributed by atoms with Crippen LogP contribution in [0, 0.1) is 0 Å². The fraction of sp³-hybridized carbons (Fsp3) is 0.455. The molecule has 5 heteroatoms. The van der Waals surface area contributed by atoms with Crippen LogP contribution in [-0.4, -0.2) is 29.4 Å². The maximum atomic E-state index is 13.2. The predicted molar refractivity (Wildman–Crippen MR) is 114 cm³/mol. The third-order valence-electron chi connectivity index (χ3n) is 4.60. The molecule has 0 radical (unpaired) electrons. The third kappa shape index (κ3) is 5.70. The number of rotatable bonds is 7. The molecule has 0 unspecified atom stereocenters. The summed E-state index contributed by atoms with van der Waals surface area (Å²) in [6.07, 6.45) is 1.97. The molecule has 1 heterocycles. The Labute approximate surface area is 167 Å². The van der Waals surface area contributed by atoms with E-state index in [1.54, 1.807) is 19.2 Å². The minimum Gasteiger partial charge on any atom is -0.386 e. The fourth-order valence-electron chi connectivity index (χ4n) is 2.88. The third-order valence-corrected chi connectivity index (χ3v) is 4.81. The maximum absolute atomic E-state index is 13.2. The first-order chi connectivity index (χ1) is 12.8. The Morgan fingerprint density at radius 3 is 2.37 bits per heavy atom. The van der Waals surface area contributed by atoms with Crippen LogP contribution in [0.3, 0.4) is 0 Å². The summed E-state index contributed by atoms with van der Waals surface area (Å²) < 4.78 is 0. The molecule has 0 aliphatic carbocycles. The van der Waals surface area contributed by atoms with Crippen molar-refractivity contribution in [1.82, 2.24) is 9.88 Å². The zero-order valence-electron chi connectivity index (χ0n) is 17.0. The van der Waals surface area contributed by atoms with Gasteiger partial charge in [-0.25, -0.2) is 4.98 Å². The minimum atomic E-state index is -0.102. The van der Waals surface area contributed by atoms with Crippen molar-refractivity contribution in [1.29, 1.82) is 0 Å². The first-order valence-corrected chi connectivity index (χ1v) is 9.87. The van der Waals surface area contributed by atoms with Crippen LogP contribution >= 0.6 is 11.6 Å². The summed E-state index contributed by atoms with van der Waals surface area (Å²) in [6.45, 7) is 9.96. The number of hydrogen-bond donors (Lipinski definition) is 1. The van der Waals surface area contributed by atoms with Crippen molar-refractivity contribution in [2.75, 3.05) is 18.9 Å². The lowest BCUT2D eigenvalue weighted by atomic mass is 9.87. The van der Waals surface area contributed by atoms with Gasteiger partial charge in [0.1, 0.15) is 5.15 Å². The normalized spacial score (nSPS) is 11.3. The van der Waals surface area contributed by atoms with Crippen molar-refractivity contribution in [2.24, 2.45) is 0 Å². The summed E-state index contributed by atoms with van der Waals surface area (Å²) in [7, 11) is 1.78. The van der Waals surface area contributed by atoms with Crippen LogP contribution in [-0.2, 0) is 12.0 Å². The smallest absolute Gasteiger partial charge is 0.274 e. The zero-order chi connectivity index (χ0) is 20.0. The van der Waals surface area contributed by atoms with Crippen LogP contribution in [0.4, 0.5) is 5.69 Å². The zero-order valence-corrected chi connectivity index (χ0v) is 17.7. The average molecular weight is 388 g/mol. The van der Waals surface area contributed by atoms with Gasteiger partial charge in [-0.1, -0.05) is 70.0 Å². The number of nitrogens with zero attached hydrogens (tertiary/aromatic N) is 2. The summed E-state index contributed by atoms with van der Waals surface area (Å²) in [6, 6.07) is 12.0. The van der Waals surface area contributed by atoms with Gasteiger partial charge in [-0.15, -0.1) is 0 Å². The van der Waals surface area contributed by atoms with Crippen LogP contribution in [0.5, 0.6) is 0 Å². The topological polar surface area (TPSA) is 45.2 Å². The van der Waals surface area contributed by atoms with E-state index >= 15 is 0 Å². The van der Waals surface area contributed by atoms with Crippen LogP contribution in [0.1, 0.15) is 62.2 Å². The Hall–Kier alpha value is -2.07. The average Bonchev–Trinajstić information content (AvgIpc) is 2.64. The van der Waals surface area contributed by atoms with Gasteiger partial charge in [0, 0.05) is 20.1 Å². The first kappa shape index (κ1) is 21.2. The molecular formula is C22H30ClN3O. The first-order valence-electron chi connectivity index (χ1n) is 9.49. The lowest BCUT2D eigenvalue weighted by Crippen LogP contribution is -2.32. The number of aromatic nitrogens is 1. The van der Waals surface area contributed by atoms with Gasteiger partial charge >= 0.3 is 0 Å². The molecule has 0 aliphatic rings. The van der Waals surface area contributed by atoms with E-state index in [1.807, 2.05) is 4.90 Å². The summed E-state index contributed by atoms with van der Waals surface area (Å²) in [5, 5.41) is 3.36. The molecule has 27 heavy (non-hydrogen) atoms. The molecule has 0 spiro atoms. The highest BCUT2D eigenvalue weighted by atomic mass is 35.5. The molecule has 1 aromatic heterocycles. The van der Waals surface area contributed by atoms with Crippen molar-refractivity contribution in [3.63, 3.8) is 0 Å². The second kappa shape index (κ2) is 9.23. The van der Waals surface area contributed by atoms with Gasteiger partial charge in [0.05, 0.1) is 5.69 Å². The molecule has 0 atom stereocenters. The molecule has 2 aromatic rings. The van der Waals surface area contributed by atoms with E-state index in [4.69, 9.17) is 11.6 Å². The van der Waals surface area contributed by atoms with Gasteiger partial charge in [0.25, 0.3) is 5.91 Å². The number of anilines is 1. The molecule has 1 aromatic carbocycles. The summed E-state index contributed by atoms with van der Waals surface area (Å²) in [4.78, 5) is 19.3. The number of carbonyl (C=O) groups is 1. The summed E-state index contributed by atoms with van der Waals surface area (Å²) in [5.74, 6) is -0.102. The largest absolute Gasteiger partial charge is 0.386 e. The molecule has 146 valence electrons. The molecule has 4 nitrogen and oxygen atoms in total. The molecule has 0 bridgehead atoms. The van der Waals surface area contributed by atoms with Crippen molar-refractivity contribution < 1.29 is 4.79 Å². The van der Waals surface area contributed by atoms with E-state index in [1.165, 1.54) is 5.56 Å². The molecule has 1 N–H and O–H groups in total. The Balaban J connectivity index is 2.27. The SMILES string of the molecule is CCCCN(Cc1ccc(C(C)(C)C)cc1)C(=O)c1nc(Cl)ccc1NC. The number of halogens is 1. The number of unbranched alkanes of at least 4 members (excludes halogenated alkanes) is 1. The van der Waals surface area contributed by atoms with Gasteiger partial charge in [-0.05, 0) is 35.1 Å². The van der Waals surface area contributed by atoms with E-state index in [-0.39, 0.29) is 11.3 Å². The maximum Gasteiger partial charge on any atom is 0.274 e. The van der Waals surface area contributed by atoms with Crippen molar-refractivity contribution >= 4 is 23.2 Å². The van der Waals surface area contributed by atoms with E-state index in [0.29, 0.717) is 29.6 Å². The number of nitrogens with one attached hydrogen (secondary N) is 1. The lowest BCUT2D eigenvalue weighted by Gasteiger charge is -2.24. The highest BCUT2D eigenvalue weighted by molar-refractivity contribution is 6.29. The molecule has 0 saturated carbocycles. The minimum absolute atomic E-state index is 0.102. The van der Waals surface area contributed by atoms with Crippen LogP contribution in [0.25, 0.3) is 0 Å². The monoisotopic (exact) mass is 387 g/mol. The molecular weight excluding hydrogens is 358 g/mol. The Bertz CT molecular complexity index is 766. The van der Waals surface area contributed by atoms with E-state index in [2.05, 4.69) is 62.3 Å². The van der Waals surface area contributed by atoms with Crippen molar-refractivity contribution in [3.8, 4) is 0 Å². The van der Waals surface area contributed by atoms with Gasteiger partial charge in [0.15, 0.2) is 5.69 Å². The predicted octanol–water partition coefficient (Wildman–Crippen LogP) is 5.52. The van der Waals surface area contributed by atoms with E-state index < -0.39 is 0 Å². The number of hydrogen-bond acceptors (Lipinski definition) is 3. The van der Waals surface area contributed by atoms with Crippen molar-refractivity contribution in [2.45, 2.75) is 52.5 Å². The van der Waals surface area contributed by atoms with Crippen molar-refractivity contribution in [3.05, 3.63) is 58.4 Å². The fourth-order valence-corrected chi connectivity index (χ4v) is 3.03. The Kier molecular flexibility index (Phi) is 7.25. The Morgan fingerprint density at radius 1 is 1.15 bits per heavy atom. The summed E-state index contributed by atoms with van der Waals surface area (Å²) >= 11 is 6.04. The van der Waals surface area contributed by atoms with Gasteiger partial charge in [-0.3, -0.25) is 4.79 Å². The standard InChI is InChI=1S/C22H30ClN3O/c1-6-7-14-26(15-16-8-10-17(11-9-16)22(2,3)4)21(27)20-18(24-5)12-13-19(23)25-20/h8-13,24H,6-7,14-15H2,1-5H3. The molecule has 0 saturated heterocycles. The van der Waals surface area contributed by atoms with Crippen LogP contribution < -0.4 is 5.32 Å². The highest BCUT2D eigenvalue weighted by Gasteiger charge is 2.21. The molecule has 1 amide bonds.